The fourth-order valence-corrected chi connectivity index (χ4v) is 0.761. The van der Waals surface area contributed by atoms with Gasteiger partial charge in [0.05, 0.1) is 11.9 Å². The predicted molar refractivity (Wildman–Crippen MR) is 46.7 cm³/mol. The first kappa shape index (κ1) is 8.52. The van der Waals surface area contributed by atoms with Crippen LogP contribution in [0.1, 0.15) is 10.5 Å². The van der Waals surface area contributed by atoms with Gasteiger partial charge < -0.3 is 10.6 Å². The van der Waals surface area contributed by atoms with Crippen LogP contribution in [0.15, 0.2) is 18.3 Å². The van der Waals surface area contributed by atoms with Crippen LogP contribution >= 0.6 is 0 Å². The van der Waals surface area contributed by atoms with Gasteiger partial charge in [0.2, 0.25) is 0 Å². The second kappa shape index (κ2) is 3.21. The van der Waals surface area contributed by atoms with Crippen LogP contribution in [0.5, 0.6) is 0 Å². The summed E-state index contributed by atoms with van der Waals surface area (Å²) >= 11 is 0. The Morgan fingerprint density at radius 3 is 2.58 bits per heavy atom. The first-order chi connectivity index (χ1) is 5.61. The second-order valence-corrected chi connectivity index (χ2v) is 2.68. The van der Waals surface area contributed by atoms with Crippen molar-refractivity contribution < 1.29 is 4.79 Å². The Kier molecular flexibility index (Phi) is 2.28. The Hall–Kier alpha value is -1.58. The summed E-state index contributed by atoms with van der Waals surface area (Å²) in [7, 11) is 3.36. The summed E-state index contributed by atoms with van der Waals surface area (Å²) in [5, 5.41) is 0. The molecule has 0 aliphatic heterocycles. The van der Waals surface area contributed by atoms with Gasteiger partial charge >= 0.3 is 0 Å². The van der Waals surface area contributed by atoms with Crippen LogP contribution in [0.4, 0.5) is 5.69 Å². The van der Waals surface area contributed by atoms with Gasteiger partial charge in [-0.1, -0.05) is 0 Å². The molecule has 0 aliphatic carbocycles. The van der Waals surface area contributed by atoms with Gasteiger partial charge in [-0.05, 0) is 12.1 Å². The third-order valence-electron chi connectivity index (χ3n) is 1.41. The standard InChI is InChI=1S/C8H11N3O/c1-11(2)8(12)7-4-3-6(9)5-10-7/h3-5H,9H2,1-2H3. The minimum atomic E-state index is -0.116. The molecule has 4 nitrogen and oxygen atoms in total. The number of aromatic nitrogens is 1. The van der Waals surface area contributed by atoms with E-state index in [4.69, 9.17) is 5.73 Å². The van der Waals surface area contributed by atoms with Gasteiger partial charge in [0, 0.05) is 14.1 Å². The van der Waals surface area contributed by atoms with Crippen LogP contribution in [-0.4, -0.2) is 29.9 Å². The molecule has 0 fully saturated rings. The van der Waals surface area contributed by atoms with Gasteiger partial charge in [0.25, 0.3) is 5.91 Å². The lowest BCUT2D eigenvalue weighted by atomic mass is 10.3. The number of hydrogen-bond acceptors (Lipinski definition) is 3. The Morgan fingerprint density at radius 2 is 2.17 bits per heavy atom. The number of nitrogens with two attached hydrogens (primary N) is 1. The zero-order chi connectivity index (χ0) is 9.14. The summed E-state index contributed by atoms with van der Waals surface area (Å²) in [6.07, 6.45) is 1.47. The van der Waals surface area contributed by atoms with Gasteiger partial charge in [-0.15, -0.1) is 0 Å². The fourth-order valence-electron chi connectivity index (χ4n) is 0.761. The van der Waals surface area contributed by atoms with Crippen molar-refractivity contribution in [3.8, 4) is 0 Å². The number of amides is 1. The van der Waals surface area contributed by atoms with E-state index in [9.17, 15) is 4.79 Å². The van der Waals surface area contributed by atoms with Gasteiger partial charge in [0.15, 0.2) is 0 Å². The average Bonchev–Trinajstić information content (AvgIpc) is 2.04. The van der Waals surface area contributed by atoms with E-state index in [2.05, 4.69) is 4.98 Å². The average molecular weight is 165 g/mol. The van der Waals surface area contributed by atoms with Crippen LogP contribution in [0, 0.1) is 0 Å². The van der Waals surface area contributed by atoms with Gasteiger partial charge in [-0.25, -0.2) is 4.98 Å². The molecule has 0 saturated heterocycles. The van der Waals surface area contributed by atoms with Crippen LogP contribution in [-0.2, 0) is 0 Å². The molecule has 1 aromatic heterocycles. The molecule has 0 saturated carbocycles. The number of nitrogen functional groups attached to an aromatic ring is 1. The third-order valence-corrected chi connectivity index (χ3v) is 1.41. The van der Waals surface area contributed by atoms with E-state index < -0.39 is 0 Å². The molecule has 0 atom stereocenters. The number of carbonyl (C=O) groups is 1. The molecule has 0 bridgehead atoms. The van der Waals surface area contributed by atoms with Crippen molar-refractivity contribution in [1.29, 1.82) is 0 Å². The maximum absolute atomic E-state index is 11.3. The SMILES string of the molecule is CN(C)C(=O)c1ccc(N)cn1. The molecule has 1 aromatic rings. The number of anilines is 1. The third kappa shape index (κ3) is 1.72. The summed E-state index contributed by atoms with van der Waals surface area (Å²) in [6, 6.07) is 3.27. The minimum absolute atomic E-state index is 0.116. The van der Waals surface area contributed by atoms with E-state index in [1.807, 2.05) is 0 Å². The smallest absolute Gasteiger partial charge is 0.271 e. The fraction of sp³-hybridized carbons (Fsp3) is 0.250. The Bertz CT molecular complexity index is 279. The molecule has 0 spiro atoms. The zero-order valence-electron chi connectivity index (χ0n) is 7.11. The van der Waals surface area contributed by atoms with Crippen molar-refractivity contribution in [3.05, 3.63) is 24.0 Å². The Balaban J connectivity index is 2.90. The maximum atomic E-state index is 11.3. The van der Waals surface area contributed by atoms with Gasteiger partial charge in [0.1, 0.15) is 5.69 Å². The van der Waals surface area contributed by atoms with Crippen LogP contribution in [0.3, 0.4) is 0 Å². The number of pyridine rings is 1. The van der Waals surface area contributed by atoms with Gasteiger partial charge in [-0.2, -0.15) is 0 Å². The quantitative estimate of drug-likeness (QED) is 0.653. The molecule has 1 rings (SSSR count). The molecular weight excluding hydrogens is 154 g/mol. The largest absolute Gasteiger partial charge is 0.397 e. The molecule has 1 amide bonds. The number of carbonyl (C=O) groups excluding carboxylic acids is 1. The number of nitrogens with zero attached hydrogens (tertiary/aromatic N) is 2. The van der Waals surface area contributed by atoms with E-state index in [1.165, 1.54) is 11.1 Å². The topological polar surface area (TPSA) is 59.2 Å². The van der Waals surface area contributed by atoms with E-state index >= 15 is 0 Å². The first-order valence-electron chi connectivity index (χ1n) is 3.54. The molecule has 1 heterocycles. The van der Waals surface area contributed by atoms with Gasteiger partial charge in [-0.3, -0.25) is 4.79 Å². The molecule has 0 aliphatic rings. The van der Waals surface area contributed by atoms with E-state index in [-0.39, 0.29) is 5.91 Å². The highest BCUT2D eigenvalue weighted by Crippen LogP contribution is 2.02. The summed E-state index contributed by atoms with van der Waals surface area (Å²) in [5.41, 5.74) is 6.39. The first-order valence-corrected chi connectivity index (χ1v) is 3.54. The summed E-state index contributed by atoms with van der Waals surface area (Å²) in [4.78, 5) is 16.6. The molecule has 0 aromatic carbocycles. The molecule has 0 unspecified atom stereocenters. The van der Waals surface area contributed by atoms with Crippen molar-refractivity contribution in [2.75, 3.05) is 19.8 Å². The van der Waals surface area contributed by atoms with Crippen molar-refractivity contribution in [2.45, 2.75) is 0 Å². The maximum Gasteiger partial charge on any atom is 0.271 e. The highest BCUT2D eigenvalue weighted by Gasteiger charge is 2.07. The predicted octanol–water partition coefficient (Wildman–Crippen LogP) is 0.366. The van der Waals surface area contributed by atoms with E-state index in [0.717, 1.165) is 0 Å². The zero-order valence-corrected chi connectivity index (χ0v) is 7.11. The molecule has 0 radical (unpaired) electrons. The lowest BCUT2D eigenvalue weighted by Gasteiger charge is -2.08. The molecular formula is C8H11N3O. The second-order valence-electron chi connectivity index (χ2n) is 2.68. The Labute approximate surface area is 71.0 Å². The number of hydrogen-bond donors (Lipinski definition) is 1. The van der Waals surface area contributed by atoms with Crippen LogP contribution in [0.2, 0.25) is 0 Å². The van der Waals surface area contributed by atoms with Crippen molar-refractivity contribution in [2.24, 2.45) is 0 Å². The molecule has 4 heteroatoms. The highest BCUT2D eigenvalue weighted by atomic mass is 16.2. The highest BCUT2D eigenvalue weighted by molar-refractivity contribution is 5.92. The van der Waals surface area contributed by atoms with Crippen LogP contribution in [0.25, 0.3) is 0 Å². The van der Waals surface area contributed by atoms with Crippen molar-refractivity contribution >= 4 is 11.6 Å². The van der Waals surface area contributed by atoms with E-state index in [0.29, 0.717) is 11.4 Å². The summed E-state index contributed by atoms with van der Waals surface area (Å²) < 4.78 is 0. The summed E-state index contributed by atoms with van der Waals surface area (Å²) in [5.74, 6) is -0.116. The molecule has 12 heavy (non-hydrogen) atoms. The lowest BCUT2D eigenvalue weighted by Crippen LogP contribution is -2.22. The normalized spacial score (nSPS) is 9.50. The lowest BCUT2D eigenvalue weighted by molar-refractivity contribution is 0.0822. The molecule has 2 N–H and O–H groups in total. The van der Waals surface area contributed by atoms with Crippen LogP contribution < -0.4 is 5.73 Å². The summed E-state index contributed by atoms with van der Waals surface area (Å²) in [6.45, 7) is 0. The number of rotatable bonds is 1. The molecule has 64 valence electrons. The monoisotopic (exact) mass is 165 g/mol. The van der Waals surface area contributed by atoms with Crippen molar-refractivity contribution in [1.82, 2.24) is 9.88 Å². The van der Waals surface area contributed by atoms with E-state index in [1.54, 1.807) is 26.2 Å². The minimum Gasteiger partial charge on any atom is -0.397 e. The van der Waals surface area contributed by atoms with Crippen molar-refractivity contribution in [3.63, 3.8) is 0 Å². The Morgan fingerprint density at radius 1 is 1.50 bits per heavy atom.